The van der Waals surface area contributed by atoms with E-state index in [0.29, 0.717) is 16.7 Å². The van der Waals surface area contributed by atoms with Gasteiger partial charge in [-0.3, -0.25) is 18.7 Å². The lowest BCUT2D eigenvalue weighted by Crippen LogP contribution is -2.41. The number of rotatable bonds is 5. The number of fused-ring (bicyclic) bond motifs is 1. The molecule has 2 aromatic carbocycles. The Morgan fingerprint density at radius 3 is 2.36 bits per heavy atom. The van der Waals surface area contributed by atoms with Crippen molar-refractivity contribution < 1.29 is 14.6 Å². The summed E-state index contributed by atoms with van der Waals surface area (Å²) in [6, 6.07) is 13.5. The molecule has 0 saturated heterocycles. The second-order valence-electron chi connectivity index (χ2n) is 5.52. The Labute approximate surface area is 142 Å². The van der Waals surface area contributed by atoms with E-state index >= 15 is 0 Å². The van der Waals surface area contributed by atoms with Gasteiger partial charge >= 0.3 is 11.7 Å². The standard InChI is InChI=1S/C18H16N2O5/c1-25-13-8-6-12(7-9-13)10-20-17(23)14-4-2-3-5-15(14)19(18(20)24)11-16(21)22/h2-9H,10-11H2,1H3,(H,21,22). The van der Waals surface area contributed by atoms with E-state index in [1.54, 1.807) is 55.6 Å². The van der Waals surface area contributed by atoms with Crippen molar-refractivity contribution in [3.05, 3.63) is 74.9 Å². The summed E-state index contributed by atoms with van der Waals surface area (Å²) in [6.07, 6.45) is 0. The third-order valence-electron chi connectivity index (χ3n) is 3.93. The van der Waals surface area contributed by atoms with Crippen LogP contribution >= 0.6 is 0 Å². The predicted molar refractivity (Wildman–Crippen MR) is 92.2 cm³/mol. The fraction of sp³-hybridized carbons (Fsp3) is 0.167. The molecule has 0 aliphatic rings. The highest BCUT2D eigenvalue weighted by Crippen LogP contribution is 2.12. The zero-order chi connectivity index (χ0) is 18.0. The summed E-state index contributed by atoms with van der Waals surface area (Å²) in [5.41, 5.74) is -0.0528. The number of ether oxygens (including phenoxy) is 1. The summed E-state index contributed by atoms with van der Waals surface area (Å²) >= 11 is 0. The Bertz CT molecular complexity index is 1050. The van der Waals surface area contributed by atoms with Crippen molar-refractivity contribution in [2.45, 2.75) is 13.1 Å². The van der Waals surface area contributed by atoms with E-state index in [9.17, 15) is 14.4 Å². The average Bonchev–Trinajstić information content (AvgIpc) is 2.62. The Morgan fingerprint density at radius 2 is 1.72 bits per heavy atom. The van der Waals surface area contributed by atoms with Crippen LogP contribution in [0.3, 0.4) is 0 Å². The van der Waals surface area contributed by atoms with Gasteiger partial charge in [-0.25, -0.2) is 4.79 Å². The van der Waals surface area contributed by atoms with Crippen LogP contribution in [-0.2, 0) is 17.9 Å². The molecule has 0 unspecified atom stereocenters. The molecule has 0 fully saturated rings. The third kappa shape index (κ3) is 3.16. The minimum absolute atomic E-state index is 0.0477. The molecule has 0 saturated carbocycles. The van der Waals surface area contributed by atoms with Crippen LogP contribution in [-0.4, -0.2) is 27.3 Å². The first-order valence-corrected chi connectivity index (χ1v) is 7.58. The molecule has 7 heteroatoms. The third-order valence-corrected chi connectivity index (χ3v) is 3.93. The molecule has 25 heavy (non-hydrogen) atoms. The monoisotopic (exact) mass is 340 g/mol. The lowest BCUT2D eigenvalue weighted by Gasteiger charge is -2.13. The van der Waals surface area contributed by atoms with Gasteiger partial charge in [0.25, 0.3) is 5.56 Å². The largest absolute Gasteiger partial charge is 0.497 e. The number of para-hydroxylation sites is 1. The Hall–Kier alpha value is -3.35. The van der Waals surface area contributed by atoms with Crippen molar-refractivity contribution in [2.75, 3.05) is 7.11 Å². The number of nitrogens with zero attached hydrogens (tertiary/aromatic N) is 2. The number of benzene rings is 2. The summed E-state index contributed by atoms with van der Waals surface area (Å²) < 4.78 is 7.24. The molecule has 3 rings (SSSR count). The van der Waals surface area contributed by atoms with E-state index < -0.39 is 23.8 Å². The van der Waals surface area contributed by atoms with Gasteiger partial charge < -0.3 is 9.84 Å². The minimum Gasteiger partial charge on any atom is -0.497 e. The van der Waals surface area contributed by atoms with Crippen LogP contribution in [0.1, 0.15) is 5.56 Å². The minimum atomic E-state index is -1.15. The van der Waals surface area contributed by atoms with Crippen LogP contribution in [0.25, 0.3) is 10.9 Å². The number of hydrogen-bond donors (Lipinski definition) is 1. The van der Waals surface area contributed by atoms with Crippen molar-refractivity contribution in [3.63, 3.8) is 0 Å². The molecule has 1 N–H and O–H groups in total. The van der Waals surface area contributed by atoms with Gasteiger partial charge in [0.1, 0.15) is 12.3 Å². The summed E-state index contributed by atoms with van der Waals surface area (Å²) in [5.74, 6) is -0.486. The Morgan fingerprint density at radius 1 is 1.04 bits per heavy atom. The highest BCUT2D eigenvalue weighted by Gasteiger charge is 2.15. The van der Waals surface area contributed by atoms with E-state index in [1.807, 2.05) is 0 Å². The van der Waals surface area contributed by atoms with Crippen LogP contribution < -0.4 is 16.0 Å². The molecule has 0 spiro atoms. The second-order valence-corrected chi connectivity index (χ2v) is 5.52. The highest BCUT2D eigenvalue weighted by molar-refractivity contribution is 5.79. The maximum atomic E-state index is 12.7. The normalized spacial score (nSPS) is 10.8. The second kappa shape index (κ2) is 6.64. The quantitative estimate of drug-likeness (QED) is 0.756. The van der Waals surface area contributed by atoms with E-state index in [2.05, 4.69) is 0 Å². The number of aromatic nitrogens is 2. The van der Waals surface area contributed by atoms with Gasteiger partial charge in [-0.05, 0) is 29.8 Å². The van der Waals surface area contributed by atoms with Crippen LogP contribution in [0.2, 0.25) is 0 Å². The van der Waals surface area contributed by atoms with Crippen molar-refractivity contribution in [2.24, 2.45) is 0 Å². The smallest absolute Gasteiger partial charge is 0.332 e. The molecule has 1 aromatic heterocycles. The molecule has 0 aliphatic carbocycles. The number of methoxy groups -OCH3 is 1. The zero-order valence-corrected chi connectivity index (χ0v) is 13.5. The summed E-state index contributed by atoms with van der Waals surface area (Å²) in [6.45, 7) is -0.464. The molecule has 0 radical (unpaired) electrons. The molecule has 0 aliphatic heterocycles. The molecule has 1 heterocycles. The number of carboxylic acid groups (broad SMARTS) is 1. The number of hydrogen-bond acceptors (Lipinski definition) is 4. The van der Waals surface area contributed by atoms with E-state index in [-0.39, 0.29) is 6.54 Å². The van der Waals surface area contributed by atoms with E-state index in [0.717, 1.165) is 14.7 Å². The maximum absolute atomic E-state index is 12.7. The van der Waals surface area contributed by atoms with Gasteiger partial charge in [0.2, 0.25) is 0 Å². The average molecular weight is 340 g/mol. The molecular formula is C18H16N2O5. The van der Waals surface area contributed by atoms with Crippen molar-refractivity contribution in [1.29, 1.82) is 0 Å². The summed E-state index contributed by atoms with van der Waals surface area (Å²) in [7, 11) is 1.55. The molecule has 3 aromatic rings. The van der Waals surface area contributed by atoms with Crippen LogP contribution in [0, 0.1) is 0 Å². The first kappa shape index (κ1) is 16.5. The molecule has 0 atom stereocenters. The first-order valence-electron chi connectivity index (χ1n) is 7.58. The predicted octanol–water partition coefficient (Wildman–Crippen LogP) is 1.30. The topological polar surface area (TPSA) is 90.5 Å². The first-order chi connectivity index (χ1) is 12.0. The number of carboxylic acids is 1. The van der Waals surface area contributed by atoms with Crippen LogP contribution in [0.15, 0.2) is 58.1 Å². The molecule has 128 valence electrons. The van der Waals surface area contributed by atoms with Gasteiger partial charge in [0.05, 0.1) is 24.6 Å². The maximum Gasteiger partial charge on any atom is 0.332 e. The van der Waals surface area contributed by atoms with E-state index in [4.69, 9.17) is 9.84 Å². The number of aliphatic carboxylic acids is 1. The molecular weight excluding hydrogens is 324 g/mol. The van der Waals surface area contributed by atoms with Crippen molar-refractivity contribution >= 4 is 16.9 Å². The lowest BCUT2D eigenvalue weighted by molar-refractivity contribution is -0.137. The highest BCUT2D eigenvalue weighted by atomic mass is 16.5. The fourth-order valence-electron chi connectivity index (χ4n) is 2.71. The van der Waals surface area contributed by atoms with Crippen molar-refractivity contribution in [1.82, 2.24) is 9.13 Å². The van der Waals surface area contributed by atoms with Gasteiger partial charge in [0.15, 0.2) is 0 Å². The molecule has 0 amide bonds. The van der Waals surface area contributed by atoms with Gasteiger partial charge in [-0.2, -0.15) is 0 Å². The Kier molecular flexibility index (Phi) is 4.38. The number of carbonyl (C=O) groups is 1. The van der Waals surface area contributed by atoms with Crippen LogP contribution in [0.5, 0.6) is 5.75 Å². The van der Waals surface area contributed by atoms with E-state index in [1.165, 1.54) is 0 Å². The van der Waals surface area contributed by atoms with Crippen LogP contribution in [0.4, 0.5) is 0 Å². The zero-order valence-electron chi connectivity index (χ0n) is 13.5. The van der Waals surface area contributed by atoms with Gasteiger partial charge in [0, 0.05) is 0 Å². The fourth-order valence-corrected chi connectivity index (χ4v) is 2.71. The van der Waals surface area contributed by atoms with Gasteiger partial charge in [-0.15, -0.1) is 0 Å². The summed E-state index contributed by atoms with van der Waals surface area (Å²) in [4.78, 5) is 36.5. The van der Waals surface area contributed by atoms with Crippen molar-refractivity contribution in [3.8, 4) is 5.75 Å². The summed E-state index contributed by atoms with van der Waals surface area (Å²) in [5, 5.41) is 9.40. The lowest BCUT2D eigenvalue weighted by atomic mass is 10.2. The SMILES string of the molecule is COc1ccc(Cn2c(=O)c3ccccc3n(CC(=O)O)c2=O)cc1. The molecule has 0 bridgehead atoms. The molecule has 7 nitrogen and oxygen atoms in total. The Balaban J connectivity index is 2.18. The van der Waals surface area contributed by atoms with Gasteiger partial charge in [-0.1, -0.05) is 24.3 Å².